The van der Waals surface area contributed by atoms with Gasteiger partial charge in [0.2, 0.25) is 11.8 Å². The maximum absolute atomic E-state index is 13.4. The van der Waals surface area contributed by atoms with Crippen molar-refractivity contribution in [1.29, 1.82) is 0 Å². The average Bonchev–Trinajstić information content (AvgIpc) is 4.31. The zero-order chi connectivity index (χ0) is 53.9. The second kappa shape index (κ2) is 18.5. The van der Waals surface area contributed by atoms with Gasteiger partial charge in [-0.25, -0.2) is 29.9 Å². The van der Waals surface area contributed by atoms with E-state index in [0.717, 1.165) is 67.1 Å². The van der Waals surface area contributed by atoms with Crippen molar-refractivity contribution < 1.29 is 46.8 Å². The molecule has 16 nitrogen and oxygen atoms in total. The first kappa shape index (κ1) is 50.3. The highest BCUT2D eigenvalue weighted by molar-refractivity contribution is 5.85. The Morgan fingerprint density at radius 3 is 1.26 bits per heavy atom. The Hall–Kier alpha value is -7.84. The van der Waals surface area contributed by atoms with E-state index >= 15 is 0 Å². The number of hydrogen-bond acceptors (Lipinski definition) is 12. The number of fused-ring (bicyclic) bond motifs is 18. The van der Waals surface area contributed by atoms with E-state index in [4.69, 9.17) is 19.4 Å². The number of rotatable bonds is 8. The minimum absolute atomic E-state index is 0.111. The Morgan fingerprint density at radius 1 is 0.566 bits per heavy atom. The van der Waals surface area contributed by atoms with E-state index in [0.29, 0.717) is 35.6 Å². The number of alkyl halides is 4. The molecule has 4 aromatic heterocycles. The van der Waals surface area contributed by atoms with Crippen LogP contribution in [0.25, 0.3) is 44.3 Å². The van der Waals surface area contributed by atoms with Crippen LogP contribution in [0.2, 0.25) is 0 Å². The first-order chi connectivity index (χ1) is 36.1. The molecule has 0 fully saturated rings. The predicted molar refractivity (Wildman–Crippen MR) is 271 cm³/mol. The van der Waals surface area contributed by atoms with Crippen molar-refractivity contribution in [2.24, 2.45) is 0 Å². The summed E-state index contributed by atoms with van der Waals surface area (Å²) in [5, 5.41) is 20.4. The number of aliphatic hydroxyl groups is 2. The van der Waals surface area contributed by atoms with Gasteiger partial charge in [0.05, 0.1) is 58.3 Å². The lowest BCUT2D eigenvalue weighted by atomic mass is 9.94. The number of ether oxygens (including phenoxy) is 2. The largest absolute Gasteiger partial charge is 0.434 e. The van der Waals surface area contributed by atoms with E-state index in [9.17, 15) is 37.4 Å². The molecule has 0 spiro atoms. The van der Waals surface area contributed by atoms with Gasteiger partial charge in [-0.15, -0.1) is 0 Å². The van der Waals surface area contributed by atoms with Crippen LogP contribution in [0.1, 0.15) is 150 Å². The van der Waals surface area contributed by atoms with E-state index in [1.165, 1.54) is 13.8 Å². The predicted octanol–water partition coefficient (Wildman–Crippen LogP) is 10.6. The van der Waals surface area contributed by atoms with Crippen LogP contribution in [-0.4, -0.2) is 84.1 Å². The van der Waals surface area contributed by atoms with Crippen LogP contribution >= 0.6 is 0 Å². The van der Waals surface area contributed by atoms with Crippen molar-refractivity contribution in [1.82, 2.24) is 48.8 Å². The van der Waals surface area contributed by atoms with Gasteiger partial charge in [-0.05, 0) is 100 Å². The number of carbonyl (C=O) groups is 2. The van der Waals surface area contributed by atoms with Gasteiger partial charge in [-0.1, -0.05) is 36.4 Å². The summed E-state index contributed by atoms with van der Waals surface area (Å²) in [5.74, 6) is 2.07. The summed E-state index contributed by atoms with van der Waals surface area (Å²) < 4.78 is 67.8. The molecule has 8 aromatic rings. The summed E-state index contributed by atoms with van der Waals surface area (Å²) in [6.07, 6.45) is 7.66. The van der Waals surface area contributed by atoms with Crippen molar-refractivity contribution in [2.75, 3.05) is 0 Å². The Morgan fingerprint density at radius 2 is 0.934 bits per heavy atom. The molecular weight excluding hydrogens is 985 g/mol. The molecule has 4 aromatic carbocycles. The summed E-state index contributed by atoms with van der Waals surface area (Å²) in [6, 6.07) is 19.8. The van der Waals surface area contributed by atoms with Crippen LogP contribution in [0.3, 0.4) is 0 Å². The minimum atomic E-state index is -2.97. The van der Waals surface area contributed by atoms with Crippen molar-refractivity contribution in [3.05, 3.63) is 143 Å². The molecule has 6 atom stereocenters. The van der Waals surface area contributed by atoms with Crippen LogP contribution in [0, 0.1) is 0 Å². The fraction of sp³-hybridized carbons (Fsp3) is 0.357. The molecule has 4 bridgehead atoms. The van der Waals surface area contributed by atoms with E-state index < -0.39 is 24.4 Å². The molecule has 76 heavy (non-hydrogen) atoms. The third-order valence-electron chi connectivity index (χ3n) is 15.0. The quantitative estimate of drug-likeness (QED) is 0.137. The van der Waals surface area contributed by atoms with Gasteiger partial charge in [0, 0.05) is 73.7 Å². The lowest BCUT2D eigenvalue weighted by molar-refractivity contribution is -0.134. The van der Waals surface area contributed by atoms with Gasteiger partial charge in [-0.2, -0.15) is 17.6 Å². The number of benzene rings is 4. The molecule has 392 valence electrons. The van der Waals surface area contributed by atoms with E-state index in [2.05, 4.69) is 29.1 Å². The van der Waals surface area contributed by atoms with E-state index in [1.807, 2.05) is 62.4 Å². The zero-order valence-corrected chi connectivity index (χ0v) is 42.8. The first-order valence-electron chi connectivity index (χ1n) is 25.0. The molecule has 0 saturated heterocycles. The SMILES string of the molecule is CC(=O)N1[C@@H]2C[C@H](c3c(OC(F)F)cccc3[C@@H]1C)n1c2nc2ccc(-c3cnc(C(C)(C)O)nc3)cc21.CC(=O)N1[C@H](C)c2cccc(OC(F)F)c2[C@H]2C[C@@H]1c1nc3ccc(-c4cnc(C(C)(C)O)nc4)cc3n12. The normalized spacial score (nSPS) is 20.4. The minimum Gasteiger partial charge on any atom is -0.434 e. The Labute approximate surface area is 434 Å². The fourth-order valence-corrected chi connectivity index (χ4v) is 11.9. The molecule has 2 N–H and O–H groups in total. The summed E-state index contributed by atoms with van der Waals surface area (Å²) in [7, 11) is 0. The van der Waals surface area contributed by atoms with Crippen molar-refractivity contribution in [3.8, 4) is 33.8 Å². The maximum Gasteiger partial charge on any atom is 0.387 e. The number of halogens is 4. The van der Waals surface area contributed by atoms with Gasteiger partial charge in [-0.3, -0.25) is 9.59 Å². The number of aromatic nitrogens is 8. The number of amides is 2. The molecule has 4 aliphatic rings. The van der Waals surface area contributed by atoms with E-state index in [1.54, 1.807) is 86.5 Å². The summed E-state index contributed by atoms with van der Waals surface area (Å²) >= 11 is 0. The number of carbonyl (C=O) groups excluding carboxylic acids is 2. The number of imidazole rings is 2. The Kier molecular flexibility index (Phi) is 12.2. The highest BCUT2D eigenvalue weighted by Gasteiger charge is 2.48. The molecule has 8 heterocycles. The average molecular weight is 1040 g/mol. The molecule has 4 aliphatic heterocycles. The Bertz CT molecular complexity index is 3360. The number of hydrogen-bond donors (Lipinski definition) is 2. The number of nitrogens with zero attached hydrogens (tertiary/aromatic N) is 10. The molecule has 0 saturated carbocycles. The third-order valence-corrected chi connectivity index (χ3v) is 15.0. The first-order valence-corrected chi connectivity index (χ1v) is 25.0. The van der Waals surface area contributed by atoms with Crippen LogP contribution < -0.4 is 9.47 Å². The van der Waals surface area contributed by atoms with Gasteiger partial charge in [0.15, 0.2) is 11.6 Å². The molecule has 2 amide bonds. The van der Waals surface area contributed by atoms with Gasteiger partial charge in [0.1, 0.15) is 34.3 Å². The fourth-order valence-electron chi connectivity index (χ4n) is 11.9. The van der Waals surface area contributed by atoms with Crippen molar-refractivity contribution in [2.45, 2.75) is 129 Å². The molecule has 0 radical (unpaired) electrons. The van der Waals surface area contributed by atoms with Gasteiger partial charge < -0.3 is 38.6 Å². The lowest BCUT2D eigenvalue weighted by Gasteiger charge is -2.33. The molecule has 20 heteroatoms. The molecule has 12 rings (SSSR count). The molecule has 0 unspecified atom stereocenters. The lowest BCUT2D eigenvalue weighted by Crippen LogP contribution is -2.34. The molecular formula is C56H54F4N10O6. The van der Waals surface area contributed by atoms with Crippen LogP contribution in [0.15, 0.2) is 97.6 Å². The molecule has 0 aliphatic carbocycles. The van der Waals surface area contributed by atoms with Crippen LogP contribution in [-0.2, 0) is 20.8 Å². The zero-order valence-electron chi connectivity index (χ0n) is 42.8. The topological polar surface area (TPSA) is 187 Å². The second-order valence-electron chi connectivity index (χ2n) is 20.8. The smallest absolute Gasteiger partial charge is 0.387 e. The maximum atomic E-state index is 13.4. The summed E-state index contributed by atoms with van der Waals surface area (Å²) in [4.78, 5) is 56.5. The highest BCUT2D eigenvalue weighted by Crippen LogP contribution is 2.55. The standard InChI is InChI=1S/2C28H27F2N5O3/c2*1-14-18-6-5-7-23(38-27(29)30)24(18)21-11-22(34(14)15(2)36)25-33-19-9-8-16(10-20(19)35(21)25)17-12-31-26(32-13-17)28(3,4)37/h2*5-10,12-14,21-22,27,37H,11H2,1-4H3/t14-,21+,22+;14-,21-,22-/m01/s1. The van der Waals surface area contributed by atoms with Crippen LogP contribution in [0.5, 0.6) is 11.5 Å². The summed E-state index contributed by atoms with van der Waals surface area (Å²) in [6.45, 7) is 7.42. The van der Waals surface area contributed by atoms with Gasteiger partial charge in [0.25, 0.3) is 0 Å². The monoisotopic (exact) mass is 1040 g/mol. The third kappa shape index (κ3) is 8.47. The van der Waals surface area contributed by atoms with Crippen molar-refractivity contribution >= 4 is 33.9 Å². The summed E-state index contributed by atoms with van der Waals surface area (Å²) in [5.41, 5.74) is 6.85. The van der Waals surface area contributed by atoms with Gasteiger partial charge >= 0.3 is 13.2 Å². The highest BCUT2D eigenvalue weighted by atomic mass is 19.3. The second-order valence-corrected chi connectivity index (χ2v) is 20.8. The van der Waals surface area contributed by atoms with Crippen molar-refractivity contribution in [3.63, 3.8) is 0 Å². The van der Waals surface area contributed by atoms with Crippen LogP contribution in [0.4, 0.5) is 17.6 Å². The Balaban J connectivity index is 0.000000162. The van der Waals surface area contributed by atoms with E-state index in [-0.39, 0.29) is 59.6 Å².